The molecule has 0 bridgehead atoms. The quantitative estimate of drug-likeness (QED) is 0.560. The van der Waals surface area contributed by atoms with Gasteiger partial charge in [0.05, 0.1) is 13.3 Å². The number of ether oxygens (including phenoxy) is 1. The third kappa shape index (κ3) is 3.29. The zero-order valence-electron chi connectivity index (χ0n) is 10.4. The van der Waals surface area contributed by atoms with E-state index in [0.29, 0.717) is 6.54 Å². The van der Waals surface area contributed by atoms with E-state index in [1.807, 2.05) is 24.3 Å². The van der Waals surface area contributed by atoms with Gasteiger partial charge in [0.25, 0.3) is 0 Å². The number of hydrogen-bond acceptors (Lipinski definition) is 6. The van der Waals surface area contributed by atoms with Gasteiger partial charge in [-0.3, -0.25) is 5.43 Å². The van der Waals surface area contributed by atoms with Gasteiger partial charge >= 0.3 is 0 Å². The second kappa shape index (κ2) is 5.96. The van der Waals surface area contributed by atoms with E-state index in [1.165, 1.54) is 0 Å². The van der Waals surface area contributed by atoms with Gasteiger partial charge in [-0.15, -0.1) is 0 Å². The predicted octanol–water partition coefficient (Wildman–Crippen LogP) is 1.52. The number of hydrazine groups is 1. The lowest BCUT2D eigenvalue weighted by Gasteiger charge is -2.08. The Morgan fingerprint density at radius 1 is 1.32 bits per heavy atom. The standard InChI is InChI=1S/C12H14FN5O/c1-19-9-4-2-8(3-5-9)6-15-11-10(13)7-16-12(17-11)18-14/h2-5,7H,6,14H2,1H3,(H2,15,16,17,18). The van der Waals surface area contributed by atoms with Crippen molar-refractivity contribution in [3.63, 3.8) is 0 Å². The Balaban J connectivity index is 2.05. The first-order valence-corrected chi connectivity index (χ1v) is 5.59. The van der Waals surface area contributed by atoms with Crippen LogP contribution in [0.5, 0.6) is 5.75 Å². The molecule has 0 aliphatic carbocycles. The van der Waals surface area contributed by atoms with Crippen LogP contribution >= 0.6 is 0 Å². The molecule has 0 radical (unpaired) electrons. The highest BCUT2D eigenvalue weighted by atomic mass is 19.1. The minimum Gasteiger partial charge on any atom is -0.497 e. The van der Waals surface area contributed by atoms with Crippen LogP contribution in [0.3, 0.4) is 0 Å². The van der Waals surface area contributed by atoms with Crippen molar-refractivity contribution in [3.05, 3.63) is 41.8 Å². The number of rotatable bonds is 5. The molecular formula is C12H14FN5O. The fourth-order valence-electron chi connectivity index (χ4n) is 1.49. The summed E-state index contributed by atoms with van der Waals surface area (Å²) in [6.07, 6.45) is 1.05. The van der Waals surface area contributed by atoms with E-state index in [2.05, 4.69) is 20.7 Å². The molecule has 2 rings (SSSR count). The molecule has 1 aromatic heterocycles. The maximum Gasteiger partial charge on any atom is 0.239 e. The first-order valence-electron chi connectivity index (χ1n) is 5.59. The smallest absolute Gasteiger partial charge is 0.239 e. The zero-order chi connectivity index (χ0) is 13.7. The highest BCUT2D eigenvalue weighted by Gasteiger charge is 2.05. The molecule has 100 valence electrons. The van der Waals surface area contributed by atoms with Crippen molar-refractivity contribution in [1.29, 1.82) is 0 Å². The lowest BCUT2D eigenvalue weighted by atomic mass is 10.2. The topological polar surface area (TPSA) is 85.1 Å². The normalized spacial score (nSPS) is 10.1. The highest BCUT2D eigenvalue weighted by Crippen LogP contribution is 2.15. The van der Waals surface area contributed by atoms with Crippen LogP contribution in [0.2, 0.25) is 0 Å². The van der Waals surface area contributed by atoms with Crippen molar-refractivity contribution < 1.29 is 9.13 Å². The Morgan fingerprint density at radius 2 is 2.05 bits per heavy atom. The Kier molecular flexibility index (Phi) is 4.09. The van der Waals surface area contributed by atoms with E-state index in [4.69, 9.17) is 10.6 Å². The lowest BCUT2D eigenvalue weighted by Crippen LogP contribution is -2.13. The molecule has 6 nitrogen and oxygen atoms in total. The molecular weight excluding hydrogens is 249 g/mol. The number of anilines is 2. The van der Waals surface area contributed by atoms with E-state index >= 15 is 0 Å². The van der Waals surface area contributed by atoms with E-state index in [9.17, 15) is 4.39 Å². The number of nitrogen functional groups attached to an aromatic ring is 1. The Morgan fingerprint density at radius 3 is 2.68 bits per heavy atom. The van der Waals surface area contributed by atoms with Crippen molar-refractivity contribution in [2.24, 2.45) is 5.84 Å². The lowest BCUT2D eigenvalue weighted by molar-refractivity contribution is 0.414. The van der Waals surface area contributed by atoms with Crippen LogP contribution in [0.25, 0.3) is 0 Å². The predicted molar refractivity (Wildman–Crippen MR) is 70.1 cm³/mol. The zero-order valence-corrected chi connectivity index (χ0v) is 10.4. The summed E-state index contributed by atoms with van der Waals surface area (Å²) < 4.78 is 18.5. The second-order valence-electron chi connectivity index (χ2n) is 3.74. The minimum atomic E-state index is -0.535. The summed E-state index contributed by atoms with van der Waals surface area (Å²) in [5.74, 6) is 5.65. The number of aromatic nitrogens is 2. The molecule has 0 fully saturated rings. The fourth-order valence-corrected chi connectivity index (χ4v) is 1.49. The molecule has 0 atom stereocenters. The molecule has 1 heterocycles. The molecule has 0 saturated carbocycles. The summed E-state index contributed by atoms with van der Waals surface area (Å²) in [6.45, 7) is 0.432. The maximum absolute atomic E-state index is 13.5. The van der Waals surface area contributed by atoms with Gasteiger partial charge < -0.3 is 10.1 Å². The Labute approximate surface area is 109 Å². The molecule has 0 amide bonds. The molecule has 0 spiro atoms. The number of halogens is 1. The minimum absolute atomic E-state index is 0.0961. The van der Waals surface area contributed by atoms with E-state index in [1.54, 1.807) is 7.11 Å². The molecule has 2 aromatic rings. The van der Waals surface area contributed by atoms with Crippen molar-refractivity contribution in [3.8, 4) is 5.75 Å². The molecule has 19 heavy (non-hydrogen) atoms. The van der Waals surface area contributed by atoms with Gasteiger partial charge in [0.2, 0.25) is 5.95 Å². The van der Waals surface area contributed by atoms with Crippen molar-refractivity contribution in [1.82, 2.24) is 9.97 Å². The van der Waals surface area contributed by atoms with Crippen LogP contribution in [0.4, 0.5) is 16.2 Å². The molecule has 7 heteroatoms. The Bertz CT molecular complexity index is 546. The number of benzene rings is 1. The van der Waals surface area contributed by atoms with Gasteiger partial charge in [-0.1, -0.05) is 12.1 Å². The SMILES string of the molecule is COc1ccc(CNc2nc(NN)ncc2F)cc1. The largest absolute Gasteiger partial charge is 0.497 e. The maximum atomic E-state index is 13.5. The summed E-state index contributed by atoms with van der Waals surface area (Å²) >= 11 is 0. The van der Waals surface area contributed by atoms with E-state index in [-0.39, 0.29) is 11.8 Å². The van der Waals surface area contributed by atoms with Crippen LogP contribution in [0.15, 0.2) is 30.5 Å². The summed E-state index contributed by atoms with van der Waals surface area (Å²) in [5, 5.41) is 2.88. The highest BCUT2D eigenvalue weighted by molar-refractivity contribution is 5.41. The van der Waals surface area contributed by atoms with Gasteiger partial charge in [-0.25, -0.2) is 15.2 Å². The average Bonchev–Trinajstić information content (AvgIpc) is 2.47. The summed E-state index contributed by atoms with van der Waals surface area (Å²) in [6, 6.07) is 7.43. The van der Waals surface area contributed by atoms with Crippen molar-refractivity contribution >= 4 is 11.8 Å². The van der Waals surface area contributed by atoms with E-state index < -0.39 is 5.82 Å². The first kappa shape index (κ1) is 13.0. The summed E-state index contributed by atoms with van der Waals surface area (Å²) in [4.78, 5) is 7.54. The number of hydrogen-bond donors (Lipinski definition) is 3. The van der Waals surface area contributed by atoms with Gasteiger partial charge in [0.1, 0.15) is 5.75 Å². The van der Waals surface area contributed by atoms with Gasteiger partial charge in [-0.05, 0) is 17.7 Å². The molecule has 0 aliphatic rings. The Hall–Kier alpha value is -2.41. The molecule has 0 unspecified atom stereocenters. The number of nitrogens with zero attached hydrogens (tertiary/aromatic N) is 2. The molecule has 0 aliphatic heterocycles. The van der Waals surface area contributed by atoms with Crippen molar-refractivity contribution in [2.45, 2.75) is 6.54 Å². The summed E-state index contributed by atoms with van der Waals surface area (Å²) in [7, 11) is 1.60. The van der Waals surface area contributed by atoms with Gasteiger partial charge in [-0.2, -0.15) is 4.98 Å². The van der Waals surface area contributed by atoms with Crippen LogP contribution in [-0.4, -0.2) is 17.1 Å². The van der Waals surface area contributed by atoms with E-state index in [0.717, 1.165) is 17.5 Å². The third-order valence-electron chi connectivity index (χ3n) is 2.49. The fraction of sp³-hybridized carbons (Fsp3) is 0.167. The van der Waals surface area contributed by atoms with Crippen molar-refractivity contribution in [2.75, 3.05) is 17.9 Å². The van der Waals surface area contributed by atoms with Crippen LogP contribution < -0.4 is 21.3 Å². The molecule has 4 N–H and O–H groups in total. The number of nitrogens with one attached hydrogen (secondary N) is 2. The monoisotopic (exact) mass is 263 g/mol. The van der Waals surface area contributed by atoms with Gasteiger partial charge in [0.15, 0.2) is 11.6 Å². The van der Waals surface area contributed by atoms with Gasteiger partial charge in [0, 0.05) is 6.54 Å². The summed E-state index contributed by atoms with van der Waals surface area (Å²) in [5.41, 5.74) is 3.24. The third-order valence-corrected chi connectivity index (χ3v) is 2.49. The molecule has 1 aromatic carbocycles. The first-order chi connectivity index (χ1) is 9.22. The van der Waals surface area contributed by atoms with Crippen LogP contribution in [-0.2, 0) is 6.54 Å². The molecule has 0 saturated heterocycles. The number of methoxy groups -OCH3 is 1. The number of nitrogens with two attached hydrogens (primary N) is 1. The van der Waals surface area contributed by atoms with Crippen LogP contribution in [0, 0.1) is 5.82 Å². The second-order valence-corrected chi connectivity index (χ2v) is 3.74. The van der Waals surface area contributed by atoms with Crippen LogP contribution in [0.1, 0.15) is 5.56 Å². The average molecular weight is 263 g/mol.